The van der Waals surface area contributed by atoms with E-state index in [-0.39, 0.29) is 12.5 Å². The Morgan fingerprint density at radius 1 is 1.14 bits per heavy atom. The molecular weight excluding hydrogens is 311 g/mol. The van der Waals surface area contributed by atoms with Gasteiger partial charge < -0.3 is 15.4 Å². The van der Waals surface area contributed by atoms with E-state index in [1.165, 1.54) is 0 Å². The molecule has 2 N–H and O–H groups in total. The number of rotatable bonds is 5. The zero-order valence-corrected chi connectivity index (χ0v) is 12.8. The van der Waals surface area contributed by atoms with Crippen molar-refractivity contribution in [1.29, 1.82) is 0 Å². The summed E-state index contributed by atoms with van der Waals surface area (Å²) in [6.45, 7) is 0.120. The monoisotopic (exact) mass is 324 g/mol. The third-order valence-corrected chi connectivity index (χ3v) is 3.31. The second-order valence-corrected chi connectivity index (χ2v) is 5.10. The highest BCUT2D eigenvalue weighted by atomic mass is 35.5. The van der Waals surface area contributed by atoms with E-state index in [0.29, 0.717) is 15.7 Å². The minimum atomic E-state index is -0.213. The SMILES string of the molecule is COc1ccc(NCC(=O)Nc2cc(Cl)ccc2Cl)cc1. The molecule has 0 unspecified atom stereocenters. The highest BCUT2D eigenvalue weighted by Crippen LogP contribution is 2.25. The summed E-state index contributed by atoms with van der Waals surface area (Å²) in [5, 5.41) is 6.66. The second kappa shape index (κ2) is 7.20. The molecule has 0 aliphatic heterocycles. The Kier molecular flexibility index (Phi) is 5.31. The van der Waals surface area contributed by atoms with Crippen molar-refractivity contribution < 1.29 is 9.53 Å². The molecule has 0 aliphatic carbocycles. The van der Waals surface area contributed by atoms with Crippen LogP contribution in [0.1, 0.15) is 0 Å². The van der Waals surface area contributed by atoms with Crippen LogP contribution in [-0.4, -0.2) is 19.6 Å². The van der Waals surface area contributed by atoms with Gasteiger partial charge in [-0.05, 0) is 42.5 Å². The molecule has 0 saturated carbocycles. The molecule has 0 radical (unpaired) electrons. The quantitative estimate of drug-likeness (QED) is 0.872. The molecule has 6 heteroatoms. The minimum absolute atomic E-state index is 0.120. The van der Waals surface area contributed by atoms with E-state index in [9.17, 15) is 4.79 Å². The van der Waals surface area contributed by atoms with Crippen LogP contribution in [0, 0.1) is 0 Å². The van der Waals surface area contributed by atoms with Crippen LogP contribution < -0.4 is 15.4 Å². The third-order valence-electron chi connectivity index (χ3n) is 2.75. The van der Waals surface area contributed by atoms with Gasteiger partial charge in [0.1, 0.15) is 5.75 Å². The smallest absolute Gasteiger partial charge is 0.243 e. The van der Waals surface area contributed by atoms with Crippen LogP contribution in [0.15, 0.2) is 42.5 Å². The van der Waals surface area contributed by atoms with E-state index in [4.69, 9.17) is 27.9 Å². The summed E-state index contributed by atoms with van der Waals surface area (Å²) in [4.78, 5) is 11.9. The summed E-state index contributed by atoms with van der Waals surface area (Å²) in [6.07, 6.45) is 0. The minimum Gasteiger partial charge on any atom is -0.497 e. The van der Waals surface area contributed by atoms with Crippen molar-refractivity contribution in [2.24, 2.45) is 0 Å². The molecule has 0 spiro atoms. The van der Waals surface area contributed by atoms with Gasteiger partial charge in [0.05, 0.1) is 24.4 Å². The summed E-state index contributed by atoms with van der Waals surface area (Å²) in [7, 11) is 1.60. The number of carbonyl (C=O) groups is 1. The maximum Gasteiger partial charge on any atom is 0.243 e. The molecule has 0 aliphatic rings. The number of ether oxygens (including phenoxy) is 1. The first kappa shape index (κ1) is 15.5. The molecule has 21 heavy (non-hydrogen) atoms. The number of methoxy groups -OCH3 is 1. The van der Waals surface area contributed by atoms with Crippen LogP contribution in [0.5, 0.6) is 5.75 Å². The van der Waals surface area contributed by atoms with Crippen molar-refractivity contribution in [3.05, 3.63) is 52.5 Å². The Bertz CT molecular complexity index is 630. The number of amides is 1. The summed E-state index contributed by atoms with van der Waals surface area (Å²) in [5.74, 6) is 0.547. The summed E-state index contributed by atoms with van der Waals surface area (Å²) in [5.41, 5.74) is 1.31. The van der Waals surface area contributed by atoms with Crippen LogP contribution in [-0.2, 0) is 4.79 Å². The molecule has 0 heterocycles. The lowest BCUT2D eigenvalue weighted by Gasteiger charge is -2.10. The van der Waals surface area contributed by atoms with Gasteiger partial charge in [-0.3, -0.25) is 4.79 Å². The predicted octanol–water partition coefficient (Wildman–Crippen LogP) is 4.05. The van der Waals surface area contributed by atoms with Crippen LogP contribution in [0.2, 0.25) is 10.0 Å². The fraction of sp³-hybridized carbons (Fsp3) is 0.133. The van der Waals surface area contributed by atoms with Crippen LogP contribution >= 0.6 is 23.2 Å². The van der Waals surface area contributed by atoms with Crippen molar-refractivity contribution in [2.75, 3.05) is 24.3 Å². The van der Waals surface area contributed by atoms with Gasteiger partial charge in [0.25, 0.3) is 0 Å². The number of anilines is 2. The molecule has 2 aromatic carbocycles. The van der Waals surface area contributed by atoms with Crippen molar-refractivity contribution in [1.82, 2.24) is 0 Å². The molecule has 0 saturated heterocycles. The van der Waals surface area contributed by atoms with E-state index < -0.39 is 0 Å². The first-order valence-electron chi connectivity index (χ1n) is 6.21. The fourth-order valence-corrected chi connectivity index (χ4v) is 2.02. The average molecular weight is 325 g/mol. The number of halogens is 2. The summed E-state index contributed by atoms with van der Waals surface area (Å²) < 4.78 is 5.06. The van der Waals surface area contributed by atoms with Crippen molar-refractivity contribution in [3.8, 4) is 5.75 Å². The van der Waals surface area contributed by atoms with Gasteiger partial charge in [0.15, 0.2) is 0 Å². The zero-order valence-electron chi connectivity index (χ0n) is 11.3. The Morgan fingerprint density at radius 2 is 1.86 bits per heavy atom. The van der Waals surface area contributed by atoms with Crippen molar-refractivity contribution >= 4 is 40.5 Å². The number of hydrogen-bond donors (Lipinski definition) is 2. The molecule has 0 atom stereocenters. The first-order chi connectivity index (χ1) is 10.1. The van der Waals surface area contributed by atoms with E-state index in [1.807, 2.05) is 24.3 Å². The van der Waals surface area contributed by atoms with E-state index in [1.54, 1.807) is 25.3 Å². The molecule has 4 nitrogen and oxygen atoms in total. The second-order valence-electron chi connectivity index (χ2n) is 4.25. The van der Waals surface area contributed by atoms with E-state index >= 15 is 0 Å². The third kappa shape index (κ3) is 4.55. The average Bonchev–Trinajstić information content (AvgIpc) is 2.49. The number of hydrogen-bond acceptors (Lipinski definition) is 3. The van der Waals surface area contributed by atoms with Gasteiger partial charge in [-0.2, -0.15) is 0 Å². The first-order valence-corrected chi connectivity index (χ1v) is 6.97. The van der Waals surface area contributed by atoms with Crippen LogP contribution in [0.3, 0.4) is 0 Å². The van der Waals surface area contributed by atoms with Gasteiger partial charge in [-0.15, -0.1) is 0 Å². The van der Waals surface area contributed by atoms with E-state index in [0.717, 1.165) is 11.4 Å². The van der Waals surface area contributed by atoms with Gasteiger partial charge in [-0.25, -0.2) is 0 Å². The lowest BCUT2D eigenvalue weighted by molar-refractivity contribution is -0.114. The molecule has 2 aromatic rings. The van der Waals surface area contributed by atoms with Gasteiger partial charge in [-0.1, -0.05) is 23.2 Å². The molecule has 0 bridgehead atoms. The van der Waals surface area contributed by atoms with Crippen molar-refractivity contribution in [2.45, 2.75) is 0 Å². The zero-order chi connectivity index (χ0) is 15.2. The lowest BCUT2D eigenvalue weighted by atomic mass is 10.3. The van der Waals surface area contributed by atoms with Crippen molar-refractivity contribution in [3.63, 3.8) is 0 Å². The predicted molar refractivity (Wildman–Crippen MR) is 86.6 cm³/mol. The molecule has 2 rings (SSSR count). The van der Waals surface area contributed by atoms with Crippen LogP contribution in [0.4, 0.5) is 11.4 Å². The number of nitrogens with one attached hydrogen (secondary N) is 2. The number of benzene rings is 2. The maximum atomic E-state index is 11.9. The summed E-state index contributed by atoms with van der Waals surface area (Å²) >= 11 is 11.8. The van der Waals surface area contributed by atoms with Crippen LogP contribution in [0.25, 0.3) is 0 Å². The Hall–Kier alpha value is -1.91. The maximum absolute atomic E-state index is 11.9. The molecule has 1 amide bonds. The van der Waals surface area contributed by atoms with Gasteiger partial charge in [0, 0.05) is 10.7 Å². The topological polar surface area (TPSA) is 50.4 Å². The molecule has 110 valence electrons. The normalized spacial score (nSPS) is 10.0. The molecular formula is C15H14Cl2N2O2. The van der Waals surface area contributed by atoms with Gasteiger partial charge >= 0.3 is 0 Å². The summed E-state index contributed by atoms with van der Waals surface area (Å²) in [6, 6.07) is 12.2. The Labute approximate surface area is 133 Å². The highest BCUT2D eigenvalue weighted by molar-refractivity contribution is 6.35. The standard InChI is InChI=1S/C15H14Cl2N2O2/c1-21-12-5-3-11(4-6-12)18-9-15(20)19-14-8-10(16)2-7-13(14)17/h2-8,18H,9H2,1H3,(H,19,20). The highest BCUT2D eigenvalue weighted by Gasteiger charge is 2.06. The lowest BCUT2D eigenvalue weighted by Crippen LogP contribution is -2.21. The molecule has 0 fully saturated rings. The molecule has 0 aromatic heterocycles. The van der Waals surface area contributed by atoms with Gasteiger partial charge in [0.2, 0.25) is 5.91 Å². The number of carbonyl (C=O) groups excluding carboxylic acids is 1. The van der Waals surface area contributed by atoms with E-state index in [2.05, 4.69) is 10.6 Å². The fourth-order valence-electron chi connectivity index (χ4n) is 1.68. The Morgan fingerprint density at radius 3 is 2.52 bits per heavy atom. The largest absolute Gasteiger partial charge is 0.497 e. The Balaban J connectivity index is 1.91.